The first kappa shape index (κ1) is 13.7. The lowest BCUT2D eigenvalue weighted by molar-refractivity contribution is 0.0942. The first-order valence-electron chi connectivity index (χ1n) is 6.50. The Morgan fingerprint density at radius 1 is 1.53 bits per heavy atom. The van der Waals surface area contributed by atoms with Gasteiger partial charge in [0.25, 0.3) is 5.91 Å². The van der Waals surface area contributed by atoms with Crippen LogP contribution in [-0.4, -0.2) is 30.8 Å². The van der Waals surface area contributed by atoms with E-state index in [1.165, 1.54) is 7.11 Å². The summed E-state index contributed by atoms with van der Waals surface area (Å²) in [6.45, 7) is 0.577. The Labute approximate surface area is 112 Å². The zero-order valence-electron chi connectivity index (χ0n) is 11.1. The minimum Gasteiger partial charge on any atom is -0.494 e. The summed E-state index contributed by atoms with van der Waals surface area (Å²) in [5.41, 5.74) is 6.66. The molecule has 2 atom stereocenters. The number of ether oxygens (including phenoxy) is 1. The van der Waals surface area contributed by atoms with Crippen molar-refractivity contribution in [3.05, 3.63) is 23.8 Å². The van der Waals surface area contributed by atoms with Gasteiger partial charge >= 0.3 is 0 Å². The van der Waals surface area contributed by atoms with Gasteiger partial charge in [0.15, 0.2) is 5.75 Å². The number of anilines is 1. The molecule has 1 saturated carbocycles. The van der Waals surface area contributed by atoms with Crippen LogP contribution >= 0.6 is 0 Å². The SMILES string of the molecule is COc1c(N)cccc1C(=O)NCC1CCC(O)C1. The Balaban J connectivity index is 1.98. The van der Waals surface area contributed by atoms with Gasteiger partial charge < -0.3 is 20.9 Å². The Morgan fingerprint density at radius 3 is 2.95 bits per heavy atom. The monoisotopic (exact) mass is 264 g/mol. The molecule has 0 saturated heterocycles. The third-order valence-electron chi connectivity index (χ3n) is 3.56. The summed E-state index contributed by atoms with van der Waals surface area (Å²) in [5.74, 6) is 0.572. The highest BCUT2D eigenvalue weighted by Crippen LogP contribution is 2.27. The van der Waals surface area contributed by atoms with Crippen LogP contribution in [0.15, 0.2) is 18.2 Å². The number of rotatable bonds is 4. The van der Waals surface area contributed by atoms with E-state index in [1.54, 1.807) is 18.2 Å². The fourth-order valence-electron chi connectivity index (χ4n) is 2.53. The van der Waals surface area contributed by atoms with E-state index < -0.39 is 0 Å². The fourth-order valence-corrected chi connectivity index (χ4v) is 2.53. The minimum atomic E-state index is -0.219. The molecule has 0 aliphatic heterocycles. The Kier molecular flexibility index (Phi) is 4.27. The molecule has 1 aliphatic rings. The largest absolute Gasteiger partial charge is 0.494 e. The van der Waals surface area contributed by atoms with Gasteiger partial charge in [-0.15, -0.1) is 0 Å². The lowest BCUT2D eigenvalue weighted by Gasteiger charge is -2.13. The Morgan fingerprint density at radius 2 is 2.32 bits per heavy atom. The number of hydrogen-bond acceptors (Lipinski definition) is 4. The van der Waals surface area contributed by atoms with Crippen LogP contribution in [0.25, 0.3) is 0 Å². The molecular weight excluding hydrogens is 244 g/mol. The van der Waals surface area contributed by atoms with Gasteiger partial charge in [0.2, 0.25) is 0 Å². The quantitative estimate of drug-likeness (QED) is 0.713. The first-order valence-corrected chi connectivity index (χ1v) is 6.50. The number of aliphatic hydroxyl groups is 1. The molecule has 5 nitrogen and oxygen atoms in total. The second-order valence-corrected chi connectivity index (χ2v) is 4.97. The lowest BCUT2D eigenvalue weighted by atomic mass is 10.1. The zero-order valence-corrected chi connectivity index (χ0v) is 11.1. The molecule has 19 heavy (non-hydrogen) atoms. The van der Waals surface area contributed by atoms with Crippen molar-refractivity contribution in [2.24, 2.45) is 5.92 Å². The summed E-state index contributed by atoms with van der Waals surface area (Å²) in [4.78, 5) is 12.1. The van der Waals surface area contributed by atoms with E-state index in [0.717, 1.165) is 19.3 Å². The predicted molar refractivity (Wildman–Crippen MR) is 73.1 cm³/mol. The second-order valence-electron chi connectivity index (χ2n) is 4.97. The van der Waals surface area contributed by atoms with Crippen molar-refractivity contribution in [3.63, 3.8) is 0 Å². The molecule has 1 fully saturated rings. The van der Waals surface area contributed by atoms with Crippen LogP contribution in [0.2, 0.25) is 0 Å². The summed E-state index contributed by atoms with van der Waals surface area (Å²) in [5, 5.41) is 12.3. The van der Waals surface area contributed by atoms with Crippen LogP contribution in [0.4, 0.5) is 5.69 Å². The number of benzene rings is 1. The van der Waals surface area contributed by atoms with Gasteiger partial charge in [0.05, 0.1) is 24.5 Å². The highest BCUT2D eigenvalue weighted by atomic mass is 16.5. The van der Waals surface area contributed by atoms with Crippen LogP contribution in [0.5, 0.6) is 5.75 Å². The first-order chi connectivity index (χ1) is 9.11. The van der Waals surface area contributed by atoms with E-state index in [0.29, 0.717) is 29.5 Å². The number of carbonyl (C=O) groups excluding carboxylic acids is 1. The standard InChI is InChI=1S/C14H20N2O3/c1-19-13-11(3-2-4-12(13)15)14(18)16-8-9-5-6-10(17)7-9/h2-4,9-10,17H,5-8,15H2,1H3,(H,16,18). The summed E-state index contributed by atoms with van der Waals surface area (Å²) >= 11 is 0. The molecule has 1 aromatic carbocycles. The summed E-state index contributed by atoms with van der Waals surface area (Å²) in [6, 6.07) is 5.11. The van der Waals surface area contributed by atoms with E-state index in [4.69, 9.17) is 10.5 Å². The molecular formula is C14H20N2O3. The third kappa shape index (κ3) is 3.17. The lowest BCUT2D eigenvalue weighted by Crippen LogP contribution is -2.29. The minimum absolute atomic E-state index is 0.189. The second kappa shape index (κ2) is 5.93. The number of carbonyl (C=O) groups is 1. The number of hydrogen-bond donors (Lipinski definition) is 3. The number of para-hydroxylation sites is 1. The van der Waals surface area contributed by atoms with Crippen molar-refractivity contribution < 1.29 is 14.6 Å². The van der Waals surface area contributed by atoms with Crippen molar-refractivity contribution in [2.75, 3.05) is 19.4 Å². The summed E-state index contributed by atoms with van der Waals surface area (Å²) in [7, 11) is 1.50. The van der Waals surface area contributed by atoms with Crippen LogP contribution < -0.4 is 15.8 Å². The normalized spacial score (nSPS) is 22.2. The van der Waals surface area contributed by atoms with Crippen LogP contribution in [0.3, 0.4) is 0 Å². The van der Waals surface area contributed by atoms with E-state index in [1.807, 2.05) is 0 Å². The molecule has 104 valence electrons. The maximum Gasteiger partial charge on any atom is 0.255 e. The third-order valence-corrected chi connectivity index (χ3v) is 3.56. The molecule has 0 aromatic heterocycles. The van der Waals surface area contributed by atoms with E-state index >= 15 is 0 Å². The molecule has 0 spiro atoms. The number of aliphatic hydroxyl groups excluding tert-OH is 1. The molecule has 1 aromatic rings. The molecule has 5 heteroatoms. The Hall–Kier alpha value is -1.75. The highest BCUT2D eigenvalue weighted by molar-refractivity contribution is 5.98. The van der Waals surface area contributed by atoms with Gasteiger partial charge in [0.1, 0.15) is 0 Å². The van der Waals surface area contributed by atoms with Crippen molar-refractivity contribution in [1.29, 1.82) is 0 Å². The summed E-state index contributed by atoms with van der Waals surface area (Å²) in [6.07, 6.45) is 2.32. The van der Waals surface area contributed by atoms with Crippen molar-refractivity contribution in [1.82, 2.24) is 5.32 Å². The van der Waals surface area contributed by atoms with Gasteiger partial charge in [-0.05, 0) is 37.3 Å². The fraction of sp³-hybridized carbons (Fsp3) is 0.500. The van der Waals surface area contributed by atoms with E-state index in [9.17, 15) is 9.90 Å². The smallest absolute Gasteiger partial charge is 0.255 e. The predicted octanol–water partition coefficient (Wildman–Crippen LogP) is 1.17. The van der Waals surface area contributed by atoms with Gasteiger partial charge in [-0.1, -0.05) is 6.07 Å². The molecule has 0 bridgehead atoms. The van der Waals surface area contributed by atoms with E-state index in [2.05, 4.69) is 5.32 Å². The van der Waals surface area contributed by atoms with Gasteiger partial charge in [-0.3, -0.25) is 4.79 Å². The molecule has 2 rings (SSSR count). The topological polar surface area (TPSA) is 84.6 Å². The zero-order chi connectivity index (χ0) is 13.8. The molecule has 0 heterocycles. The summed E-state index contributed by atoms with van der Waals surface area (Å²) < 4.78 is 5.16. The van der Waals surface area contributed by atoms with Gasteiger partial charge in [-0.2, -0.15) is 0 Å². The highest BCUT2D eigenvalue weighted by Gasteiger charge is 2.23. The van der Waals surface area contributed by atoms with Gasteiger partial charge in [-0.25, -0.2) is 0 Å². The molecule has 0 radical (unpaired) electrons. The molecule has 2 unspecified atom stereocenters. The number of nitrogens with one attached hydrogen (secondary N) is 1. The average molecular weight is 264 g/mol. The maximum absolute atomic E-state index is 12.1. The Bertz CT molecular complexity index is 462. The number of nitrogen functional groups attached to an aromatic ring is 1. The average Bonchev–Trinajstić information content (AvgIpc) is 2.81. The molecule has 1 amide bonds. The van der Waals surface area contributed by atoms with Crippen LogP contribution in [0, 0.1) is 5.92 Å². The van der Waals surface area contributed by atoms with E-state index in [-0.39, 0.29) is 12.0 Å². The molecule has 1 aliphatic carbocycles. The van der Waals surface area contributed by atoms with Crippen molar-refractivity contribution >= 4 is 11.6 Å². The van der Waals surface area contributed by atoms with Crippen LogP contribution in [0.1, 0.15) is 29.6 Å². The maximum atomic E-state index is 12.1. The number of nitrogens with two attached hydrogens (primary N) is 1. The number of amides is 1. The van der Waals surface area contributed by atoms with Gasteiger partial charge in [0, 0.05) is 6.54 Å². The van der Waals surface area contributed by atoms with Crippen molar-refractivity contribution in [3.8, 4) is 5.75 Å². The van der Waals surface area contributed by atoms with Crippen LogP contribution in [-0.2, 0) is 0 Å². The van der Waals surface area contributed by atoms with Crippen molar-refractivity contribution in [2.45, 2.75) is 25.4 Å². The number of methoxy groups -OCH3 is 1. The molecule has 4 N–H and O–H groups in total.